The van der Waals surface area contributed by atoms with E-state index in [1.807, 2.05) is 38.4 Å². The third-order valence-electron chi connectivity index (χ3n) is 7.28. The number of allylic oxidation sites excluding steroid dienone is 1. The smallest absolute Gasteiger partial charge is 0.274 e. The predicted molar refractivity (Wildman–Crippen MR) is 157 cm³/mol. The topological polar surface area (TPSA) is 39.1 Å². The first-order valence-electron chi connectivity index (χ1n) is 12.7. The standard InChI is InChI=1S/C31H33BrN4O/c1-34(2)26-15-11-21(12-16-26)19-23-7-6-10-28-29(23)33-36(31(37)24-8-5-9-25(32)20-24)30(28)22-13-17-27(18-14-22)35(3)4/h5,8-9,11-20,28,30H,6-7,10H2,1-4H3/b23-19+/t28-,30-/m0/s1. The lowest BCUT2D eigenvalue weighted by Gasteiger charge is -2.30. The van der Waals surface area contributed by atoms with Crippen molar-refractivity contribution in [1.82, 2.24) is 5.01 Å². The second-order valence-corrected chi connectivity index (χ2v) is 11.1. The molecule has 1 aliphatic heterocycles. The summed E-state index contributed by atoms with van der Waals surface area (Å²) in [7, 11) is 8.18. The second kappa shape index (κ2) is 10.5. The van der Waals surface area contributed by atoms with E-state index in [0.717, 1.165) is 46.3 Å². The van der Waals surface area contributed by atoms with Crippen molar-refractivity contribution in [1.29, 1.82) is 0 Å². The number of hydrogen-bond donors (Lipinski definition) is 0. The maximum atomic E-state index is 13.8. The van der Waals surface area contributed by atoms with Crippen LogP contribution in [0.5, 0.6) is 0 Å². The Morgan fingerprint density at radius 3 is 2.22 bits per heavy atom. The van der Waals surface area contributed by atoms with E-state index >= 15 is 0 Å². The molecule has 3 aromatic rings. The monoisotopic (exact) mass is 556 g/mol. The van der Waals surface area contributed by atoms with Crippen molar-refractivity contribution < 1.29 is 4.79 Å². The van der Waals surface area contributed by atoms with Crippen LogP contribution in [0.3, 0.4) is 0 Å². The highest BCUT2D eigenvalue weighted by atomic mass is 79.9. The van der Waals surface area contributed by atoms with Gasteiger partial charge in [0.25, 0.3) is 5.91 Å². The number of halogens is 1. The minimum Gasteiger partial charge on any atom is -0.378 e. The largest absolute Gasteiger partial charge is 0.378 e. The van der Waals surface area contributed by atoms with Crippen molar-refractivity contribution in [2.75, 3.05) is 38.0 Å². The van der Waals surface area contributed by atoms with E-state index in [2.05, 4.69) is 94.4 Å². The van der Waals surface area contributed by atoms with Crippen molar-refractivity contribution in [3.63, 3.8) is 0 Å². The predicted octanol–water partition coefficient (Wildman–Crippen LogP) is 7.02. The van der Waals surface area contributed by atoms with Crippen molar-refractivity contribution in [3.8, 4) is 0 Å². The number of nitrogens with zero attached hydrogens (tertiary/aromatic N) is 4. The summed E-state index contributed by atoms with van der Waals surface area (Å²) in [5.74, 6) is 0.0990. The van der Waals surface area contributed by atoms with Crippen molar-refractivity contribution in [3.05, 3.63) is 99.5 Å². The van der Waals surface area contributed by atoms with Gasteiger partial charge < -0.3 is 9.80 Å². The van der Waals surface area contributed by atoms with Crippen LogP contribution in [-0.4, -0.2) is 44.8 Å². The number of carbonyl (C=O) groups excluding carboxylic acids is 1. The van der Waals surface area contributed by atoms with Gasteiger partial charge in [0.05, 0.1) is 11.8 Å². The lowest BCUT2D eigenvalue weighted by atomic mass is 9.77. The Balaban J connectivity index is 1.55. The van der Waals surface area contributed by atoms with Crippen molar-refractivity contribution >= 4 is 45.0 Å². The molecule has 1 heterocycles. The van der Waals surface area contributed by atoms with Crippen LogP contribution in [0.2, 0.25) is 0 Å². The molecule has 5 rings (SSSR count). The number of fused-ring (bicyclic) bond motifs is 1. The van der Waals surface area contributed by atoms with Gasteiger partial charge in [0.15, 0.2) is 0 Å². The van der Waals surface area contributed by atoms with E-state index < -0.39 is 0 Å². The molecule has 1 amide bonds. The van der Waals surface area contributed by atoms with Crippen LogP contribution in [0, 0.1) is 5.92 Å². The molecule has 0 radical (unpaired) electrons. The summed E-state index contributed by atoms with van der Waals surface area (Å²) >= 11 is 3.52. The van der Waals surface area contributed by atoms with E-state index in [4.69, 9.17) is 5.10 Å². The highest BCUT2D eigenvalue weighted by Crippen LogP contribution is 2.45. The minimum absolute atomic E-state index is 0.0698. The molecule has 1 saturated carbocycles. The molecule has 0 N–H and O–H groups in total. The molecule has 2 aliphatic rings. The summed E-state index contributed by atoms with van der Waals surface area (Å²) in [6, 6.07) is 24.6. The fraction of sp³-hybridized carbons (Fsp3) is 0.290. The van der Waals surface area contributed by atoms with Gasteiger partial charge in [-0.1, -0.05) is 46.3 Å². The lowest BCUT2D eigenvalue weighted by Crippen LogP contribution is -2.32. The molecule has 1 aliphatic carbocycles. The van der Waals surface area contributed by atoms with Gasteiger partial charge in [0.2, 0.25) is 0 Å². The summed E-state index contributed by atoms with van der Waals surface area (Å²) in [6.45, 7) is 0. The number of rotatable bonds is 5. The Hall–Kier alpha value is -3.38. The van der Waals surface area contributed by atoms with Gasteiger partial charge in [-0.15, -0.1) is 0 Å². The third-order valence-corrected chi connectivity index (χ3v) is 7.78. The van der Waals surface area contributed by atoms with Gasteiger partial charge in [-0.05, 0) is 84.5 Å². The van der Waals surface area contributed by atoms with E-state index in [-0.39, 0.29) is 17.9 Å². The van der Waals surface area contributed by atoms with Crippen LogP contribution in [0.4, 0.5) is 11.4 Å². The van der Waals surface area contributed by atoms with Gasteiger partial charge in [-0.25, -0.2) is 5.01 Å². The number of carbonyl (C=O) groups is 1. The number of hydrogen-bond acceptors (Lipinski definition) is 4. The molecule has 190 valence electrons. The second-order valence-electron chi connectivity index (χ2n) is 10.2. The summed E-state index contributed by atoms with van der Waals surface area (Å²) in [5, 5.41) is 6.79. The SMILES string of the molecule is CN(C)c1ccc(/C=C2\CCC[C@H]3C2=NN(C(=O)c2cccc(Br)c2)[C@H]3c2ccc(N(C)C)cc2)cc1. The average molecular weight is 558 g/mol. The number of hydrazone groups is 1. The molecule has 6 heteroatoms. The first-order valence-corrected chi connectivity index (χ1v) is 13.5. The van der Waals surface area contributed by atoms with E-state index in [9.17, 15) is 4.79 Å². The fourth-order valence-electron chi connectivity index (χ4n) is 5.29. The Kier molecular flexibility index (Phi) is 7.20. The first kappa shape index (κ1) is 25.3. The van der Waals surface area contributed by atoms with Gasteiger partial charge in [-0.3, -0.25) is 4.79 Å². The Labute approximate surface area is 228 Å². The minimum atomic E-state index is -0.127. The van der Waals surface area contributed by atoms with Crippen LogP contribution in [0.1, 0.15) is 46.8 Å². The molecule has 5 nitrogen and oxygen atoms in total. The number of benzene rings is 3. The summed E-state index contributed by atoms with van der Waals surface area (Å²) in [5.41, 5.74) is 7.51. The van der Waals surface area contributed by atoms with Crippen LogP contribution < -0.4 is 9.80 Å². The van der Waals surface area contributed by atoms with E-state index in [1.165, 1.54) is 11.3 Å². The molecule has 0 aromatic heterocycles. The van der Waals surface area contributed by atoms with Gasteiger partial charge in [-0.2, -0.15) is 5.10 Å². The fourth-order valence-corrected chi connectivity index (χ4v) is 5.69. The molecule has 1 fully saturated rings. The molecule has 2 atom stereocenters. The zero-order valence-corrected chi connectivity index (χ0v) is 23.4. The first-order chi connectivity index (χ1) is 17.8. The maximum Gasteiger partial charge on any atom is 0.274 e. The molecular formula is C31H33BrN4O. The van der Waals surface area contributed by atoms with Crippen LogP contribution >= 0.6 is 15.9 Å². The van der Waals surface area contributed by atoms with E-state index in [1.54, 1.807) is 5.01 Å². The quantitative estimate of drug-likeness (QED) is 0.339. The maximum absolute atomic E-state index is 13.8. The zero-order valence-electron chi connectivity index (χ0n) is 21.9. The Morgan fingerprint density at radius 2 is 1.59 bits per heavy atom. The summed E-state index contributed by atoms with van der Waals surface area (Å²) < 4.78 is 0.885. The zero-order chi connectivity index (χ0) is 26.1. The lowest BCUT2D eigenvalue weighted by molar-refractivity contribution is 0.0681. The van der Waals surface area contributed by atoms with E-state index in [0.29, 0.717) is 5.56 Å². The normalized spacial score (nSPS) is 20.0. The molecule has 3 aromatic carbocycles. The van der Waals surface area contributed by atoms with Crippen LogP contribution in [0.25, 0.3) is 6.08 Å². The summed E-state index contributed by atoms with van der Waals surface area (Å²) in [4.78, 5) is 18.0. The summed E-state index contributed by atoms with van der Waals surface area (Å²) in [6.07, 6.45) is 5.31. The van der Waals surface area contributed by atoms with Crippen molar-refractivity contribution in [2.24, 2.45) is 11.0 Å². The molecule has 37 heavy (non-hydrogen) atoms. The number of anilines is 2. The highest BCUT2D eigenvalue weighted by Gasteiger charge is 2.44. The Bertz CT molecular complexity index is 1340. The third kappa shape index (κ3) is 5.21. The highest BCUT2D eigenvalue weighted by molar-refractivity contribution is 9.10. The van der Waals surface area contributed by atoms with Crippen LogP contribution in [0.15, 0.2) is 87.9 Å². The van der Waals surface area contributed by atoms with Gasteiger partial charge in [0, 0.05) is 55.5 Å². The molecule has 0 spiro atoms. The van der Waals surface area contributed by atoms with Gasteiger partial charge >= 0.3 is 0 Å². The molecule has 0 bridgehead atoms. The number of amides is 1. The average Bonchev–Trinajstić information content (AvgIpc) is 3.29. The van der Waals surface area contributed by atoms with Crippen LogP contribution in [-0.2, 0) is 0 Å². The molecular weight excluding hydrogens is 524 g/mol. The van der Waals surface area contributed by atoms with Crippen molar-refractivity contribution in [2.45, 2.75) is 25.3 Å². The van der Waals surface area contributed by atoms with Gasteiger partial charge in [0.1, 0.15) is 0 Å². The molecule has 0 unspecified atom stereocenters. The molecule has 0 saturated heterocycles. The Morgan fingerprint density at radius 1 is 0.946 bits per heavy atom.